The fourth-order valence-electron chi connectivity index (χ4n) is 2.62. The number of imidazole rings is 1. The third kappa shape index (κ3) is 4.93. The normalized spacial score (nSPS) is 10.8. The molecule has 1 N–H and O–H groups in total. The lowest BCUT2D eigenvalue weighted by Crippen LogP contribution is -2.21. The summed E-state index contributed by atoms with van der Waals surface area (Å²) >= 11 is 0. The maximum atomic E-state index is 11.1. The van der Waals surface area contributed by atoms with Gasteiger partial charge in [0.2, 0.25) is 5.91 Å². The number of carbonyl (C=O) groups is 1. The van der Waals surface area contributed by atoms with E-state index in [9.17, 15) is 4.79 Å². The third-order valence-corrected chi connectivity index (χ3v) is 3.81. The summed E-state index contributed by atoms with van der Waals surface area (Å²) < 4.78 is 7.46. The summed E-state index contributed by atoms with van der Waals surface area (Å²) in [6, 6.07) is 8.21. The van der Waals surface area contributed by atoms with Gasteiger partial charge in [-0.2, -0.15) is 0 Å². The number of fused-ring (bicyclic) bond motifs is 1. The standard InChI is InChI=1S/C18H25N3O2/c1-3-18(22)19-12-8-4-5-11-17-20-15-9-6-7-10-16(15)21(17)13-14-23-2/h3,6-7,9-10H,1,4-5,8,11-14H2,2H3,(H,19,22). The summed E-state index contributed by atoms with van der Waals surface area (Å²) in [4.78, 5) is 15.8. The molecule has 0 unspecified atom stereocenters. The van der Waals surface area contributed by atoms with Gasteiger partial charge >= 0.3 is 0 Å². The summed E-state index contributed by atoms with van der Waals surface area (Å²) in [5.74, 6) is 1.00. The van der Waals surface area contributed by atoms with Gasteiger partial charge in [0, 0.05) is 26.6 Å². The summed E-state index contributed by atoms with van der Waals surface area (Å²) in [5.41, 5.74) is 2.20. The summed E-state index contributed by atoms with van der Waals surface area (Å²) in [6.07, 6.45) is 5.33. The van der Waals surface area contributed by atoms with Gasteiger partial charge in [-0.3, -0.25) is 4.79 Å². The van der Waals surface area contributed by atoms with Gasteiger partial charge in [0.15, 0.2) is 0 Å². The van der Waals surface area contributed by atoms with E-state index in [1.807, 2.05) is 18.2 Å². The number of methoxy groups -OCH3 is 1. The van der Waals surface area contributed by atoms with Gasteiger partial charge in [0.05, 0.1) is 17.6 Å². The summed E-state index contributed by atoms with van der Waals surface area (Å²) in [6.45, 7) is 5.64. The molecule has 0 radical (unpaired) electrons. The first-order valence-corrected chi connectivity index (χ1v) is 8.09. The van der Waals surface area contributed by atoms with Crippen LogP contribution >= 0.6 is 0 Å². The highest BCUT2D eigenvalue weighted by Crippen LogP contribution is 2.17. The van der Waals surface area contributed by atoms with Crippen LogP contribution in [0, 0.1) is 0 Å². The first-order valence-electron chi connectivity index (χ1n) is 8.09. The Balaban J connectivity index is 1.88. The Morgan fingerprint density at radius 2 is 2.17 bits per heavy atom. The van der Waals surface area contributed by atoms with Gasteiger partial charge in [-0.1, -0.05) is 25.1 Å². The number of rotatable bonds is 10. The van der Waals surface area contributed by atoms with Crippen molar-refractivity contribution in [2.75, 3.05) is 20.3 Å². The molecule has 0 spiro atoms. The molecule has 0 aliphatic heterocycles. The number of ether oxygens (including phenoxy) is 1. The van der Waals surface area contributed by atoms with E-state index >= 15 is 0 Å². The number of hydrogen-bond acceptors (Lipinski definition) is 3. The summed E-state index contributed by atoms with van der Waals surface area (Å²) in [7, 11) is 1.72. The lowest BCUT2D eigenvalue weighted by molar-refractivity contribution is -0.116. The van der Waals surface area contributed by atoms with E-state index in [0.29, 0.717) is 13.2 Å². The van der Waals surface area contributed by atoms with Gasteiger partial charge in [-0.05, 0) is 31.1 Å². The number of hydrogen-bond donors (Lipinski definition) is 1. The fourth-order valence-corrected chi connectivity index (χ4v) is 2.62. The van der Waals surface area contributed by atoms with Crippen molar-refractivity contribution in [3.63, 3.8) is 0 Å². The molecular weight excluding hydrogens is 290 g/mol. The number of carbonyl (C=O) groups excluding carboxylic acids is 1. The Hall–Kier alpha value is -2.14. The van der Waals surface area contributed by atoms with Crippen molar-refractivity contribution < 1.29 is 9.53 Å². The topological polar surface area (TPSA) is 56.2 Å². The van der Waals surface area contributed by atoms with Crippen molar-refractivity contribution in [2.24, 2.45) is 0 Å². The minimum Gasteiger partial charge on any atom is -0.383 e. The Morgan fingerprint density at radius 3 is 2.96 bits per heavy atom. The molecule has 0 aliphatic rings. The fraction of sp³-hybridized carbons (Fsp3) is 0.444. The molecule has 2 rings (SSSR count). The van der Waals surface area contributed by atoms with E-state index in [-0.39, 0.29) is 5.91 Å². The molecule has 5 heteroatoms. The lowest BCUT2D eigenvalue weighted by Gasteiger charge is -2.08. The minimum atomic E-state index is -0.105. The van der Waals surface area contributed by atoms with Crippen LogP contribution < -0.4 is 5.32 Å². The van der Waals surface area contributed by atoms with Crippen molar-refractivity contribution in [3.8, 4) is 0 Å². The second-order valence-electron chi connectivity index (χ2n) is 5.47. The predicted octanol–water partition coefficient (Wildman–Crippen LogP) is 2.70. The highest BCUT2D eigenvalue weighted by molar-refractivity contribution is 5.86. The molecule has 2 aromatic rings. The number of aryl methyl sites for hydroxylation is 1. The van der Waals surface area contributed by atoms with Crippen LogP contribution in [-0.2, 0) is 22.5 Å². The Kier molecular flexibility index (Phi) is 6.81. The average molecular weight is 315 g/mol. The van der Waals surface area contributed by atoms with Gasteiger partial charge in [0.25, 0.3) is 0 Å². The summed E-state index contributed by atoms with van der Waals surface area (Å²) in [5, 5.41) is 2.80. The number of para-hydroxylation sites is 2. The van der Waals surface area contributed by atoms with Crippen molar-refractivity contribution in [2.45, 2.75) is 32.2 Å². The molecule has 124 valence electrons. The van der Waals surface area contributed by atoms with E-state index in [1.54, 1.807) is 7.11 Å². The zero-order valence-electron chi connectivity index (χ0n) is 13.8. The molecule has 1 amide bonds. The highest BCUT2D eigenvalue weighted by Gasteiger charge is 2.09. The largest absolute Gasteiger partial charge is 0.383 e. The minimum absolute atomic E-state index is 0.105. The maximum Gasteiger partial charge on any atom is 0.243 e. The number of nitrogens with one attached hydrogen (secondary N) is 1. The molecule has 0 saturated carbocycles. The molecule has 5 nitrogen and oxygen atoms in total. The predicted molar refractivity (Wildman–Crippen MR) is 92.4 cm³/mol. The first kappa shape index (κ1) is 17.2. The Morgan fingerprint density at radius 1 is 1.35 bits per heavy atom. The first-order chi connectivity index (χ1) is 11.3. The van der Waals surface area contributed by atoms with Crippen molar-refractivity contribution in [3.05, 3.63) is 42.7 Å². The molecule has 1 aromatic carbocycles. The molecule has 0 aliphatic carbocycles. The van der Waals surface area contributed by atoms with Gasteiger partial charge < -0.3 is 14.6 Å². The van der Waals surface area contributed by atoms with Crippen LogP contribution in [0.5, 0.6) is 0 Å². The van der Waals surface area contributed by atoms with Crippen LogP contribution in [0.15, 0.2) is 36.9 Å². The second kappa shape index (κ2) is 9.10. The van der Waals surface area contributed by atoms with Crippen LogP contribution in [0.25, 0.3) is 11.0 Å². The molecule has 0 atom stereocenters. The number of benzene rings is 1. The second-order valence-corrected chi connectivity index (χ2v) is 5.47. The van der Waals surface area contributed by atoms with Crippen LogP contribution in [0.2, 0.25) is 0 Å². The monoisotopic (exact) mass is 315 g/mol. The van der Waals surface area contributed by atoms with E-state index in [0.717, 1.165) is 49.1 Å². The van der Waals surface area contributed by atoms with Gasteiger partial charge in [-0.15, -0.1) is 0 Å². The quantitative estimate of drug-likeness (QED) is 0.542. The smallest absolute Gasteiger partial charge is 0.243 e. The molecule has 0 bridgehead atoms. The van der Waals surface area contributed by atoms with Crippen LogP contribution in [0.3, 0.4) is 0 Å². The van der Waals surface area contributed by atoms with E-state index < -0.39 is 0 Å². The molecule has 0 saturated heterocycles. The highest BCUT2D eigenvalue weighted by atomic mass is 16.5. The van der Waals surface area contributed by atoms with Crippen LogP contribution in [-0.4, -0.2) is 35.7 Å². The lowest BCUT2D eigenvalue weighted by atomic mass is 10.2. The zero-order valence-corrected chi connectivity index (χ0v) is 13.8. The van der Waals surface area contributed by atoms with Crippen LogP contribution in [0.4, 0.5) is 0 Å². The zero-order chi connectivity index (χ0) is 16.5. The van der Waals surface area contributed by atoms with E-state index in [4.69, 9.17) is 9.72 Å². The number of aromatic nitrogens is 2. The van der Waals surface area contributed by atoms with Gasteiger partial charge in [-0.25, -0.2) is 4.98 Å². The van der Waals surface area contributed by atoms with E-state index in [1.165, 1.54) is 6.08 Å². The van der Waals surface area contributed by atoms with Crippen LogP contribution in [0.1, 0.15) is 25.1 Å². The Bertz CT molecular complexity index is 649. The molecule has 0 fully saturated rings. The molecule has 1 heterocycles. The third-order valence-electron chi connectivity index (χ3n) is 3.81. The molecular formula is C18H25N3O2. The SMILES string of the molecule is C=CC(=O)NCCCCCc1nc2ccccc2n1CCOC. The molecule has 1 aromatic heterocycles. The molecule has 23 heavy (non-hydrogen) atoms. The van der Waals surface area contributed by atoms with Crippen molar-refractivity contribution >= 4 is 16.9 Å². The maximum absolute atomic E-state index is 11.1. The van der Waals surface area contributed by atoms with Crippen molar-refractivity contribution in [1.29, 1.82) is 0 Å². The number of unbranched alkanes of at least 4 members (excludes halogenated alkanes) is 2. The average Bonchev–Trinajstić information content (AvgIpc) is 2.93. The number of amides is 1. The Labute approximate surface area is 137 Å². The van der Waals surface area contributed by atoms with E-state index in [2.05, 4.69) is 22.5 Å². The number of nitrogens with zero attached hydrogens (tertiary/aromatic N) is 2. The van der Waals surface area contributed by atoms with Crippen molar-refractivity contribution in [1.82, 2.24) is 14.9 Å². The van der Waals surface area contributed by atoms with Gasteiger partial charge in [0.1, 0.15) is 5.82 Å².